The number of carbonyl (C=O) groups is 3. The predicted octanol–water partition coefficient (Wildman–Crippen LogP) is 6.45. The second-order valence-electron chi connectivity index (χ2n) is 10.4. The molecule has 1 aliphatic rings. The minimum absolute atomic E-state index is 0.0761. The third kappa shape index (κ3) is 5.52. The van der Waals surface area contributed by atoms with Gasteiger partial charge in [-0.25, -0.2) is 9.69 Å². The molecule has 1 aromatic heterocycles. The first-order chi connectivity index (χ1) is 18.6. The van der Waals surface area contributed by atoms with E-state index >= 15 is 0 Å². The van der Waals surface area contributed by atoms with E-state index in [1.165, 1.54) is 5.56 Å². The van der Waals surface area contributed by atoms with Gasteiger partial charge in [0.1, 0.15) is 17.9 Å². The minimum atomic E-state index is -0.778. The summed E-state index contributed by atoms with van der Waals surface area (Å²) in [6.07, 6.45) is 3.44. The number of imide groups is 2. The number of hydrogen-bond donors (Lipinski definition) is 1. The summed E-state index contributed by atoms with van der Waals surface area (Å²) in [5.74, 6) is -0.605. The molecule has 0 saturated carbocycles. The molecule has 3 aromatic carbocycles. The summed E-state index contributed by atoms with van der Waals surface area (Å²) < 4.78 is 8.84. The van der Waals surface area contributed by atoms with Gasteiger partial charge in [0.05, 0.1) is 12.2 Å². The van der Waals surface area contributed by atoms with Crippen molar-refractivity contribution in [3.05, 3.63) is 100 Å². The molecule has 0 aliphatic carbocycles. The fraction of sp³-hybridized carbons (Fsp3) is 0.194. The topological polar surface area (TPSA) is 80.6 Å². The first-order valence-electron chi connectivity index (χ1n) is 12.6. The van der Waals surface area contributed by atoms with Gasteiger partial charge < -0.3 is 9.30 Å². The van der Waals surface area contributed by atoms with Gasteiger partial charge in [-0.1, -0.05) is 67.0 Å². The van der Waals surface area contributed by atoms with Crippen molar-refractivity contribution in [1.29, 1.82) is 0 Å². The molecule has 7 nitrogen and oxygen atoms in total. The lowest BCUT2D eigenvalue weighted by Gasteiger charge is -2.26. The zero-order chi connectivity index (χ0) is 27.7. The number of aromatic nitrogens is 1. The van der Waals surface area contributed by atoms with E-state index in [-0.39, 0.29) is 11.0 Å². The summed E-state index contributed by atoms with van der Waals surface area (Å²) in [7, 11) is 0. The van der Waals surface area contributed by atoms with Crippen LogP contribution in [-0.4, -0.2) is 29.0 Å². The average Bonchev–Trinajstić information content (AvgIpc) is 3.25. The van der Waals surface area contributed by atoms with Crippen LogP contribution in [0.4, 0.5) is 10.5 Å². The molecular formula is C31H28BrN3O4. The Morgan fingerprint density at radius 2 is 1.62 bits per heavy atom. The SMILES string of the molecule is CC(C)(C)c1ccc(OCCn2cc(/C=C3/C(=O)NC(=O)N(c4ccc(Br)cc4)C3=O)c3ccccc32)cc1. The van der Waals surface area contributed by atoms with Crippen molar-refractivity contribution in [2.75, 3.05) is 11.5 Å². The summed E-state index contributed by atoms with van der Waals surface area (Å²) in [6, 6.07) is 21.8. The number of ether oxygens (including phenoxy) is 1. The van der Waals surface area contributed by atoms with Crippen molar-refractivity contribution >= 4 is 56.4 Å². The summed E-state index contributed by atoms with van der Waals surface area (Å²) in [5.41, 5.74) is 3.21. The number of hydrogen-bond acceptors (Lipinski definition) is 4. The van der Waals surface area contributed by atoms with Crippen LogP contribution in [0.3, 0.4) is 0 Å². The Bertz CT molecular complexity index is 1600. The van der Waals surface area contributed by atoms with E-state index in [9.17, 15) is 14.4 Å². The van der Waals surface area contributed by atoms with E-state index < -0.39 is 17.8 Å². The number of rotatable bonds is 6. The summed E-state index contributed by atoms with van der Waals surface area (Å²) in [6.45, 7) is 7.53. The Hall–Kier alpha value is -4.17. The quantitative estimate of drug-likeness (QED) is 0.208. The fourth-order valence-electron chi connectivity index (χ4n) is 4.53. The average molecular weight is 586 g/mol. The largest absolute Gasteiger partial charge is 0.492 e. The Balaban J connectivity index is 1.39. The molecule has 0 radical (unpaired) electrons. The molecule has 0 atom stereocenters. The monoisotopic (exact) mass is 585 g/mol. The molecule has 5 rings (SSSR count). The second kappa shape index (κ2) is 10.5. The number of nitrogens with one attached hydrogen (secondary N) is 1. The van der Waals surface area contributed by atoms with E-state index in [2.05, 4.69) is 54.2 Å². The van der Waals surface area contributed by atoms with Crippen LogP contribution in [0.1, 0.15) is 31.9 Å². The number of barbiturate groups is 1. The number of carbonyl (C=O) groups excluding carboxylic acids is 3. The summed E-state index contributed by atoms with van der Waals surface area (Å²) >= 11 is 3.35. The van der Waals surface area contributed by atoms with Crippen molar-refractivity contribution in [1.82, 2.24) is 9.88 Å². The lowest BCUT2D eigenvalue weighted by molar-refractivity contribution is -0.122. The number of nitrogens with zero attached hydrogens (tertiary/aromatic N) is 2. The molecular weight excluding hydrogens is 558 g/mol. The number of para-hydroxylation sites is 1. The van der Waals surface area contributed by atoms with Crippen molar-refractivity contribution < 1.29 is 19.1 Å². The van der Waals surface area contributed by atoms with Crippen molar-refractivity contribution in [2.45, 2.75) is 32.7 Å². The highest BCUT2D eigenvalue weighted by Gasteiger charge is 2.37. The van der Waals surface area contributed by atoms with Crippen molar-refractivity contribution in [2.24, 2.45) is 0 Å². The Morgan fingerprint density at radius 3 is 2.31 bits per heavy atom. The van der Waals surface area contributed by atoms with Gasteiger partial charge in [0.25, 0.3) is 11.8 Å². The molecule has 0 unspecified atom stereocenters. The molecule has 1 N–H and O–H groups in total. The Labute approximate surface area is 235 Å². The van der Waals surface area contributed by atoms with Gasteiger partial charge in [0.2, 0.25) is 0 Å². The van der Waals surface area contributed by atoms with E-state index in [1.54, 1.807) is 30.3 Å². The number of fused-ring (bicyclic) bond motifs is 1. The van der Waals surface area contributed by atoms with E-state index in [4.69, 9.17) is 4.74 Å². The maximum absolute atomic E-state index is 13.3. The number of urea groups is 1. The van der Waals surface area contributed by atoms with Gasteiger partial charge >= 0.3 is 6.03 Å². The molecule has 2 heterocycles. The van der Waals surface area contributed by atoms with Crippen LogP contribution in [0, 0.1) is 0 Å². The van der Waals surface area contributed by atoms with Crippen LogP contribution in [0.5, 0.6) is 5.75 Å². The molecule has 1 fully saturated rings. The van der Waals surface area contributed by atoms with Gasteiger partial charge in [-0.15, -0.1) is 0 Å². The van der Waals surface area contributed by atoms with Gasteiger partial charge in [-0.05, 0) is 59.5 Å². The Kier molecular flexibility index (Phi) is 7.14. The normalized spacial score (nSPS) is 15.2. The van der Waals surface area contributed by atoms with Crippen LogP contribution >= 0.6 is 15.9 Å². The first-order valence-corrected chi connectivity index (χ1v) is 13.4. The fourth-order valence-corrected chi connectivity index (χ4v) is 4.79. The van der Waals surface area contributed by atoms with E-state index in [0.717, 1.165) is 26.0 Å². The molecule has 0 spiro atoms. The standard InChI is InChI=1S/C31H28BrN3O4/c1-31(2,3)21-8-14-24(15-9-21)39-17-16-34-19-20(25-6-4-5-7-27(25)34)18-26-28(36)33-30(38)35(29(26)37)23-12-10-22(32)11-13-23/h4-15,18-19H,16-17H2,1-3H3,(H,33,36,38)/b26-18-. The van der Waals surface area contributed by atoms with Gasteiger partial charge in [0.15, 0.2) is 0 Å². The molecule has 0 bridgehead atoms. The van der Waals surface area contributed by atoms with Crippen LogP contribution in [0.15, 0.2) is 89.0 Å². The highest BCUT2D eigenvalue weighted by atomic mass is 79.9. The lowest BCUT2D eigenvalue weighted by Crippen LogP contribution is -2.54. The molecule has 1 saturated heterocycles. The highest BCUT2D eigenvalue weighted by molar-refractivity contribution is 9.10. The molecule has 1 aliphatic heterocycles. The zero-order valence-electron chi connectivity index (χ0n) is 21.9. The maximum atomic E-state index is 13.3. The summed E-state index contributed by atoms with van der Waals surface area (Å²) in [4.78, 5) is 39.6. The van der Waals surface area contributed by atoms with Gasteiger partial charge in [-0.3, -0.25) is 14.9 Å². The predicted molar refractivity (Wildman–Crippen MR) is 156 cm³/mol. The second-order valence-corrected chi connectivity index (χ2v) is 11.3. The number of halogens is 1. The maximum Gasteiger partial charge on any atom is 0.335 e. The van der Waals surface area contributed by atoms with E-state index in [1.807, 2.05) is 47.2 Å². The number of anilines is 1. The lowest BCUT2D eigenvalue weighted by atomic mass is 9.87. The minimum Gasteiger partial charge on any atom is -0.492 e. The molecule has 4 aromatic rings. The first kappa shape index (κ1) is 26.4. The van der Waals surface area contributed by atoms with E-state index in [0.29, 0.717) is 24.4 Å². The van der Waals surface area contributed by atoms with Gasteiger partial charge in [-0.2, -0.15) is 0 Å². The van der Waals surface area contributed by atoms with Crippen LogP contribution in [0.25, 0.3) is 17.0 Å². The zero-order valence-corrected chi connectivity index (χ0v) is 23.5. The van der Waals surface area contributed by atoms with Crippen LogP contribution < -0.4 is 15.0 Å². The van der Waals surface area contributed by atoms with Gasteiger partial charge in [0, 0.05) is 27.1 Å². The molecule has 39 heavy (non-hydrogen) atoms. The Morgan fingerprint density at radius 1 is 0.923 bits per heavy atom. The van der Waals surface area contributed by atoms with Crippen LogP contribution in [-0.2, 0) is 21.5 Å². The van der Waals surface area contributed by atoms with Crippen LogP contribution in [0.2, 0.25) is 0 Å². The molecule has 4 amide bonds. The highest BCUT2D eigenvalue weighted by Crippen LogP contribution is 2.28. The summed E-state index contributed by atoms with van der Waals surface area (Å²) in [5, 5.41) is 3.17. The third-order valence-electron chi connectivity index (χ3n) is 6.63. The smallest absolute Gasteiger partial charge is 0.335 e. The molecule has 8 heteroatoms. The van der Waals surface area contributed by atoms with Crippen molar-refractivity contribution in [3.63, 3.8) is 0 Å². The number of benzene rings is 3. The third-order valence-corrected chi connectivity index (χ3v) is 7.16. The van der Waals surface area contributed by atoms with Crippen molar-refractivity contribution in [3.8, 4) is 5.75 Å². The molecule has 198 valence electrons. The number of amides is 4.